The summed E-state index contributed by atoms with van der Waals surface area (Å²) in [4.78, 5) is 8.60. The van der Waals surface area contributed by atoms with Crippen molar-refractivity contribution in [2.45, 2.75) is 20.4 Å². The molecule has 3 aromatic heterocycles. The molecule has 5 nitrogen and oxygen atoms in total. The molecule has 0 radical (unpaired) electrons. The van der Waals surface area contributed by atoms with Gasteiger partial charge in [0.1, 0.15) is 22.7 Å². The summed E-state index contributed by atoms with van der Waals surface area (Å²) in [6.45, 7) is 4.61. The smallest absolute Gasteiger partial charge is 0.132 e. The first-order valence-corrected chi connectivity index (χ1v) is 8.56. The number of hydrogen-bond acceptors (Lipinski definition) is 4. The molecule has 0 fully saturated rings. The zero-order valence-corrected chi connectivity index (χ0v) is 14.9. The summed E-state index contributed by atoms with van der Waals surface area (Å²) in [6.07, 6.45) is 5.06. The first-order chi connectivity index (χ1) is 13.1. The maximum absolute atomic E-state index is 14.1. The lowest BCUT2D eigenvalue weighted by Crippen LogP contribution is -2.01. The fourth-order valence-corrected chi connectivity index (χ4v) is 3.00. The average molecular weight is 365 g/mol. The van der Waals surface area contributed by atoms with Gasteiger partial charge in [0.2, 0.25) is 0 Å². The summed E-state index contributed by atoms with van der Waals surface area (Å²) in [5.41, 5.74) is 4.60. The molecule has 3 heterocycles. The summed E-state index contributed by atoms with van der Waals surface area (Å²) in [5.74, 6) is -1.03. The van der Waals surface area contributed by atoms with Gasteiger partial charge in [0.15, 0.2) is 0 Å². The fraction of sp³-hybridized carbons (Fsp3) is 0.150. The van der Waals surface area contributed by atoms with Crippen LogP contribution in [-0.4, -0.2) is 19.7 Å². The lowest BCUT2D eigenvalue weighted by Gasteiger charge is -2.13. The van der Waals surface area contributed by atoms with Gasteiger partial charge in [-0.25, -0.2) is 8.78 Å². The Bertz CT molecular complexity index is 1140. The normalized spacial score (nSPS) is 11.1. The molecule has 1 N–H and O–H groups in total. The summed E-state index contributed by atoms with van der Waals surface area (Å²) >= 11 is 0. The molecule has 7 heteroatoms. The fourth-order valence-electron chi connectivity index (χ4n) is 3.00. The maximum atomic E-state index is 14.1. The predicted molar refractivity (Wildman–Crippen MR) is 101 cm³/mol. The lowest BCUT2D eigenvalue weighted by molar-refractivity contribution is 0.602. The van der Waals surface area contributed by atoms with E-state index in [9.17, 15) is 8.78 Å². The molecule has 0 unspecified atom stereocenters. The topological polar surface area (TPSA) is 55.6 Å². The van der Waals surface area contributed by atoms with E-state index < -0.39 is 11.6 Å². The highest BCUT2D eigenvalue weighted by molar-refractivity contribution is 5.90. The minimum Gasteiger partial charge on any atom is -0.353 e. The van der Waals surface area contributed by atoms with E-state index in [0.717, 1.165) is 46.2 Å². The molecule has 0 aliphatic carbocycles. The first kappa shape index (κ1) is 17.1. The molecule has 0 aliphatic rings. The number of hydrogen-bond donors (Lipinski definition) is 1. The van der Waals surface area contributed by atoms with Gasteiger partial charge in [0, 0.05) is 30.2 Å². The van der Waals surface area contributed by atoms with Gasteiger partial charge in [-0.05, 0) is 49.7 Å². The number of benzene rings is 1. The quantitative estimate of drug-likeness (QED) is 0.562. The van der Waals surface area contributed by atoms with Crippen molar-refractivity contribution in [3.05, 3.63) is 66.1 Å². The van der Waals surface area contributed by atoms with Crippen molar-refractivity contribution in [3.63, 3.8) is 0 Å². The van der Waals surface area contributed by atoms with Crippen LogP contribution in [0.4, 0.5) is 20.2 Å². The molecule has 0 saturated heterocycles. The summed E-state index contributed by atoms with van der Waals surface area (Å²) in [5, 5.41) is 7.70. The zero-order valence-electron chi connectivity index (χ0n) is 14.9. The number of halogens is 2. The van der Waals surface area contributed by atoms with Crippen LogP contribution in [0.15, 0.2) is 48.9 Å². The first-order valence-electron chi connectivity index (χ1n) is 8.56. The van der Waals surface area contributed by atoms with Crippen LogP contribution in [-0.2, 0) is 6.54 Å². The largest absolute Gasteiger partial charge is 0.353 e. The molecular weight excluding hydrogens is 348 g/mol. The van der Waals surface area contributed by atoms with Gasteiger partial charge in [-0.15, -0.1) is 0 Å². The van der Waals surface area contributed by atoms with Crippen LogP contribution >= 0.6 is 0 Å². The van der Waals surface area contributed by atoms with Gasteiger partial charge in [-0.3, -0.25) is 14.6 Å². The molecule has 27 heavy (non-hydrogen) atoms. The van der Waals surface area contributed by atoms with E-state index >= 15 is 0 Å². The number of fused-ring (bicyclic) bond motifs is 1. The van der Waals surface area contributed by atoms with Crippen molar-refractivity contribution < 1.29 is 8.78 Å². The SMILES string of the molecule is CCn1ncc2nccc(Nc3cc(-c4cc(F)ccc4F)ncc3C)c21. The highest BCUT2D eigenvalue weighted by Crippen LogP contribution is 2.30. The Labute approximate surface area is 154 Å². The van der Waals surface area contributed by atoms with Crippen LogP contribution in [0.5, 0.6) is 0 Å². The number of nitrogens with one attached hydrogen (secondary N) is 1. The standard InChI is InChI=1S/C20H17F2N5/c1-3-27-20-16(6-7-23-19(20)11-25-27)26-17-9-18(24-10-12(17)2)14-8-13(21)4-5-15(14)22/h4-11H,3H2,1-2H3,(H,23,24,26). The molecule has 0 spiro atoms. The van der Waals surface area contributed by atoms with E-state index in [4.69, 9.17) is 0 Å². The summed E-state index contributed by atoms with van der Waals surface area (Å²) in [7, 11) is 0. The molecule has 0 aliphatic heterocycles. The molecule has 0 bridgehead atoms. The van der Waals surface area contributed by atoms with E-state index in [1.165, 1.54) is 0 Å². The van der Waals surface area contributed by atoms with Crippen LogP contribution < -0.4 is 5.32 Å². The third kappa shape index (κ3) is 3.12. The Kier molecular flexibility index (Phi) is 4.27. The van der Waals surface area contributed by atoms with Crippen molar-refractivity contribution in [2.24, 2.45) is 0 Å². The maximum Gasteiger partial charge on any atom is 0.132 e. The van der Waals surface area contributed by atoms with Crippen LogP contribution in [0.2, 0.25) is 0 Å². The van der Waals surface area contributed by atoms with E-state index in [-0.39, 0.29) is 5.56 Å². The number of pyridine rings is 2. The minimum absolute atomic E-state index is 0.122. The predicted octanol–water partition coefficient (Wildman–Crippen LogP) is 4.84. The van der Waals surface area contributed by atoms with Crippen molar-refractivity contribution in [2.75, 3.05) is 5.32 Å². The lowest BCUT2D eigenvalue weighted by atomic mass is 10.1. The van der Waals surface area contributed by atoms with Gasteiger partial charge in [0.05, 0.1) is 17.6 Å². The molecule has 4 rings (SSSR count). The van der Waals surface area contributed by atoms with Crippen molar-refractivity contribution in [1.29, 1.82) is 0 Å². The highest BCUT2D eigenvalue weighted by Gasteiger charge is 2.13. The van der Waals surface area contributed by atoms with E-state index in [2.05, 4.69) is 20.4 Å². The van der Waals surface area contributed by atoms with E-state index in [1.54, 1.807) is 24.7 Å². The van der Waals surface area contributed by atoms with Crippen LogP contribution in [0.25, 0.3) is 22.3 Å². The third-order valence-corrected chi connectivity index (χ3v) is 4.41. The molecule has 0 saturated carbocycles. The molecular formula is C20H17F2N5. The van der Waals surface area contributed by atoms with E-state index in [1.807, 2.05) is 24.6 Å². The molecule has 0 atom stereocenters. The number of aryl methyl sites for hydroxylation is 2. The van der Waals surface area contributed by atoms with Gasteiger partial charge in [-0.2, -0.15) is 5.10 Å². The summed E-state index contributed by atoms with van der Waals surface area (Å²) in [6, 6.07) is 6.91. The second-order valence-electron chi connectivity index (χ2n) is 6.19. The van der Waals surface area contributed by atoms with Crippen molar-refractivity contribution in [1.82, 2.24) is 19.7 Å². The molecule has 1 aromatic carbocycles. The Morgan fingerprint density at radius 1 is 1.04 bits per heavy atom. The molecule has 0 amide bonds. The van der Waals surface area contributed by atoms with Crippen molar-refractivity contribution in [3.8, 4) is 11.3 Å². The van der Waals surface area contributed by atoms with E-state index in [0.29, 0.717) is 12.2 Å². The average Bonchev–Trinajstić information content (AvgIpc) is 3.10. The van der Waals surface area contributed by atoms with Crippen LogP contribution in [0.3, 0.4) is 0 Å². The Balaban J connectivity index is 1.79. The van der Waals surface area contributed by atoms with Crippen molar-refractivity contribution >= 4 is 22.4 Å². The second kappa shape index (κ2) is 6.75. The minimum atomic E-state index is -0.519. The van der Waals surface area contributed by atoms with Crippen LogP contribution in [0.1, 0.15) is 12.5 Å². The second-order valence-corrected chi connectivity index (χ2v) is 6.19. The Morgan fingerprint density at radius 3 is 2.70 bits per heavy atom. The zero-order chi connectivity index (χ0) is 19.0. The van der Waals surface area contributed by atoms with Gasteiger partial charge in [-0.1, -0.05) is 0 Å². The third-order valence-electron chi connectivity index (χ3n) is 4.41. The molecule has 136 valence electrons. The number of nitrogens with zero attached hydrogens (tertiary/aromatic N) is 4. The Morgan fingerprint density at radius 2 is 1.89 bits per heavy atom. The number of aromatic nitrogens is 4. The van der Waals surface area contributed by atoms with Gasteiger partial charge >= 0.3 is 0 Å². The highest BCUT2D eigenvalue weighted by atomic mass is 19.1. The van der Waals surface area contributed by atoms with Gasteiger partial charge in [0.25, 0.3) is 0 Å². The Hall–Kier alpha value is -3.35. The monoisotopic (exact) mass is 365 g/mol. The number of anilines is 2. The van der Waals surface area contributed by atoms with Crippen LogP contribution in [0, 0.1) is 18.6 Å². The van der Waals surface area contributed by atoms with Gasteiger partial charge < -0.3 is 5.32 Å². The molecule has 4 aromatic rings. The number of rotatable bonds is 4. The summed E-state index contributed by atoms with van der Waals surface area (Å²) < 4.78 is 29.5.